The van der Waals surface area contributed by atoms with Crippen molar-refractivity contribution in [3.63, 3.8) is 0 Å². The van der Waals surface area contributed by atoms with Crippen molar-refractivity contribution in [2.75, 3.05) is 33.9 Å². The maximum absolute atomic E-state index is 13.8. The van der Waals surface area contributed by atoms with E-state index in [9.17, 15) is 24.7 Å². The second kappa shape index (κ2) is 18.4. The molecular formula is C45H43Cl2N3O9. The Labute approximate surface area is 351 Å². The summed E-state index contributed by atoms with van der Waals surface area (Å²) < 4.78 is 23.5. The van der Waals surface area contributed by atoms with Crippen LogP contribution in [-0.2, 0) is 22.3 Å². The van der Waals surface area contributed by atoms with Crippen LogP contribution in [0.3, 0.4) is 0 Å². The van der Waals surface area contributed by atoms with Gasteiger partial charge in [-0.05, 0) is 96.4 Å². The van der Waals surface area contributed by atoms with Gasteiger partial charge in [0.25, 0.3) is 0 Å². The molecule has 5 aromatic rings. The number of rotatable bonds is 14. The summed E-state index contributed by atoms with van der Waals surface area (Å²) in [6.45, 7) is 2.72. The minimum absolute atomic E-state index is 0.0381. The van der Waals surface area contributed by atoms with Crippen molar-refractivity contribution < 1.29 is 43.2 Å². The second-order valence-corrected chi connectivity index (χ2v) is 15.4. The monoisotopic (exact) mass is 839 g/mol. The minimum atomic E-state index is -1.12. The van der Waals surface area contributed by atoms with Crippen molar-refractivity contribution >= 4 is 41.2 Å². The number of methoxy groups -OCH3 is 2. The maximum atomic E-state index is 13.8. The topological polar surface area (TPSA) is 151 Å². The molecule has 0 unspecified atom stereocenters. The zero-order chi connectivity index (χ0) is 41.6. The fourth-order valence-electron chi connectivity index (χ4n) is 7.94. The van der Waals surface area contributed by atoms with E-state index >= 15 is 0 Å². The Balaban J connectivity index is 1.15. The van der Waals surface area contributed by atoms with Gasteiger partial charge in [0.15, 0.2) is 23.9 Å². The van der Waals surface area contributed by atoms with Crippen LogP contribution in [-0.4, -0.2) is 68.0 Å². The highest BCUT2D eigenvalue weighted by atomic mass is 35.5. The molecule has 14 heteroatoms. The van der Waals surface area contributed by atoms with Gasteiger partial charge in [0.05, 0.1) is 31.4 Å². The molecule has 3 atom stereocenters. The summed E-state index contributed by atoms with van der Waals surface area (Å²) in [4.78, 5) is 42.3. The Kier molecular flexibility index (Phi) is 12.9. The predicted octanol–water partition coefficient (Wildman–Crippen LogP) is 7.98. The molecule has 3 aliphatic heterocycles. The number of carboxylic acids is 1. The molecule has 3 fully saturated rings. The first-order valence-corrected chi connectivity index (χ1v) is 19.9. The van der Waals surface area contributed by atoms with Crippen LogP contribution in [0.4, 0.5) is 4.79 Å². The molecule has 8 rings (SSSR count). The third kappa shape index (κ3) is 9.57. The van der Waals surface area contributed by atoms with Crippen LogP contribution >= 0.6 is 23.2 Å². The number of carbonyl (C=O) groups excluding carboxylic acids is 2. The highest BCUT2D eigenvalue weighted by Gasteiger charge is 2.37. The number of alkyl carbamates (subject to hydrolysis) is 1. The van der Waals surface area contributed by atoms with Crippen molar-refractivity contribution in [3.8, 4) is 11.5 Å². The molecule has 1 aromatic heterocycles. The van der Waals surface area contributed by atoms with Crippen molar-refractivity contribution in [2.45, 2.75) is 43.9 Å². The summed E-state index contributed by atoms with van der Waals surface area (Å²) in [5, 5.41) is 25.6. The molecule has 59 heavy (non-hydrogen) atoms. The van der Waals surface area contributed by atoms with E-state index in [1.165, 1.54) is 32.7 Å². The number of aromatic nitrogens is 1. The number of ether oxygens (including phenoxy) is 4. The van der Waals surface area contributed by atoms with Gasteiger partial charge in [-0.3, -0.25) is 4.90 Å². The maximum Gasteiger partial charge on any atom is 0.408 e. The summed E-state index contributed by atoms with van der Waals surface area (Å²) >= 11 is 12.9. The van der Waals surface area contributed by atoms with Gasteiger partial charge >= 0.3 is 18.0 Å². The van der Waals surface area contributed by atoms with Crippen LogP contribution in [0.5, 0.6) is 11.5 Å². The molecule has 12 nitrogen and oxygen atoms in total. The lowest BCUT2D eigenvalue weighted by atomic mass is 9.86. The number of nitrogens with zero attached hydrogens (tertiary/aromatic N) is 2. The van der Waals surface area contributed by atoms with Gasteiger partial charge < -0.3 is 34.6 Å². The Hall–Kier alpha value is -5.82. The molecule has 0 spiro atoms. The molecule has 4 heterocycles. The van der Waals surface area contributed by atoms with Gasteiger partial charge in [-0.15, -0.1) is 0 Å². The first-order chi connectivity index (χ1) is 28.5. The van der Waals surface area contributed by atoms with Gasteiger partial charge in [0.1, 0.15) is 22.3 Å². The Morgan fingerprint density at radius 3 is 2.19 bits per heavy atom. The lowest BCUT2D eigenvalue weighted by Crippen LogP contribution is -2.52. The molecule has 2 N–H and O–H groups in total. The number of hydrogen-bond acceptors (Lipinski definition) is 9. The van der Waals surface area contributed by atoms with E-state index in [4.69, 9.17) is 42.1 Å². The summed E-state index contributed by atoms with van der Waals surface area (Å²) in [6, 6.07) is 25.4. The van der Waals surface area contributed by atoms with Crippen molar-refractivity contribution in [1.82, 2.24) is 10.2 Å². The summed E-state index contributed by atoms with van der Waals surface area (Å²) in [5.74, 6) is -0.566. The quantitative estimate of drug-likeness (QED) is 0.0640. The lowest BCUT2D eigenvalue weighted by Gasteiger charge is -2.44. The van der Waals surface area contributed by atoms with Gasteiger partial charge in [0.2, 0.25) is 0 Å². The zero-order valence-electron chi connectivity index (χ0n) is 32.4. The Morgan fingerprint density at radius 2 is 1.56 bits per heavy atom. The Bertz CT molecular complexity index is 2300. The smallest absolute Gasteiger partial charge is 0.408 e. The van der Waals surface area contributed by atoms with Crippen LogP contribution < -0.4 is 19.5 Å². The van der Waals surface area contributed by atoms with Gasteiger partial charge in [0, 0.05) is 18.5 Å². The minimum Gasteiger partial charge on any atom is -0.619 e. The van der Waals surface area contributed by atoms with Gasteiger partial charge in [-0.2, -0.15) is 4.73 Å². The molecule has 306 valence electrons. The first-order valence-electron chi connectivity index (χ1n) is 19.2. The zero-order valence-corrected chi connectivity index (χ0v) is 33.9. The van der Waals surface area contributed by atoms with E-state index in [1.54, 1.807) is 48.5 Å². The number of esters is 1. The van der Waals surface area contributed by atoms with Crippen molar-refractivity contribution in [1.29, 1.82) is 0 Å². The number of hydrogen-bond donors (Lipinski definition) is 2. The van der Waals surface area contributed by atoms with Crippen LogP contribution in [0.15, 0.2) is 103 Å². The first kappa shape index (κ1) is 41.3. The number of piperidine rings is 3. The number of carboxylic acid groups (broad SMARTS) is 1. The predicted molar refractivity (Wildman–Crippen MR) is 220 cm³/mol. The van der Waals surface area contributed by atoms with E-state index in [-0.39, 0.29) is 40.1 Å². The fraction of sp³-hybridized carbons (Fsp3) is 0.289. The molecule has 3 saturated heterocycles. The lowest BCUT2D eigenvalue weighted by molar-refractivity contribution is -0.605. The number of aromatic carboxylic acids is 1. The third-order valence-corrected chi connectivity index (χ3v) is 11.7. The largest absolute Gasteiger partial charge is 0.619 e. The SMILES string of the molecule is COc1ccc([C@H](Cc2c(Cl)c[n+]([O-])cc2Cl)OC(=O)c2ccc(Cc3c(C(=O)O)cccc3[C@@H](NC(=O)O[C@H]3CN4CCC3CC4)c3ccccc3)cc2)cc1OC. The summed E-state index contributed by atoms with van der Waals surface area (Å²) in [6.07, 6.45) is 2.84. The highest BCUT2D eigenvalue weighted by molar-refractivity contribution is 6.35. The van der Waals surface area contributed by atoms with E-state index in [0.29, 0.717) is 56.5 Å². The molecule has 0 saturated carbocycles. The van der Waals surface area contributed by atoms with E-state index in [0.717, 1.165) is 31.5 Å². The third-order valence-electron chi connectivity index (χ3n) is 11.0. The van der Waals surface area contributed by atoms with Gasteiger partial charge in [-0.1, -0.05) is 83.9 Å². The molecule has 4 aromatic carbocycles. The van der Waals surface area contributed by atoms with Crippen LogP contribution in [0.2, 0.25) is 10.0 Å². The van der Waals surface area contributed by atoms with Crippen LogP contribution in [0.1, 0.15) is 79.1 Å². The number of carbonyl (C=O) groups is 3. The molecular weight excluding hydrogens is 797 g/mol. The fourth-order valence-corrected chi connectivity index (χ4v) is 8.54. The molecule has 1 amide bonds. The molecule has 2 bridgehead atoms. The standard InChI is InChI=1S/C45H43Cl2N3O9/c1-56-38-16-15-31(22-40(38)57-2)39(23-35-36(46)24-50(55)25-37(35)47)58-44(53)30-13-11-27(12-14-30)21-34-32(9-6-10-33(34)43(51)52)42(29-7-4-3-5-8-29)48-45(54)59-41-26-49-19-17-28(41)18-20-49/h3-16,22,24-25,28,39,41-42H,17-21,23,26H2,1-2H3,(H,48,54)(H,51,52)/t39-,41-,42-/m0/s1. The second-order valence-electron chi connectivity index (χ2n) is 14.6. The van der Waals surface area contributed by atoms with Crippen molar-refractivity contribution in [3.05, 3.63) is 163 Å². The summed E-state index contributed by atoms with van der Waals surface area (Å²) in [5.41, 5.74) is 3.85. The van der Waals surface area contributed by atoms with E-state index in [2.05, 4.69) is 10.2 Å². The van der Waals surface area contributed by atoms with E-state index in [1.807, 2.05) is 36.4 Å². The average molecular weight is 841 g/mol. The van der Waals surface area contributed by atoms with Crippen LogP contribution in [0.25, 0.3) is 0 Å². The van der Waals surface area contributed by atoms with E-state index < -0.39 is 30.2 Å². The normalized spacial score (nSPS) is 18.0. The Morgan fingerprint density at radius 1 is 0.864 bits per heavy atom. The molecule has 0 radical (unpaired) electrons. The average Bonchev–Trinajstić information content (AvgIpc) is 3.24. The van der Waals surface area contributed by atoms with Crippen LogP contribution in [0, 0.1) is 11.1 Å². The number of amides is 1. The number of halogens is 2. The molecule has 3 aliphatic rings. The highest BCUT2D eigenvalue weighted by Crippen LogP contribution is 2.36. The van der Waals surface area contributed by atoms with Gasteiger partial charge in [-0.25, -0.2) is 14.4 Å². The van der Waals surface area contributed by atoms with Crippen molar-refractivity contribution in [2.24, 2.45) is 5.92 Å². The number of nitrogens with one attached hydrogen (secondary N) is 1. The summed E-state index contributed by atoms with van der Waals surface area (Å²) in [7, 11) is 3.00. The number of pyridine rings is 1. The number of benzene rings is 4. The molecule has 0 aliphatic carbocycles. The number of fused-ring (bicyclic) bond motifs is 3.